The number of aromatic nitrogens is 2. The molecule has 1 unspecified atom stereocenters. The third-order valence-corrected chi connectivity index (χ3v) is 3.84. The lowest BCUT2D eigenvalue weighted by Crippen LogP contribution is -2.30. The Kier molecular flexibility index (Phi) is 4.39. The number of amides is 1. The van der Waals surface area contributed by atoms with Crippen molar-refractivity contribution in [1.29, 1.82) is 10.5 Å². The predicted molar refractivity (Wildman–Crippen MR) is 82.1 cm³/mol. The Labute approximate surface area is 138 Å². The Balaban J connectivity index is 1.62. The fourth-order valence-electron chi connectivity index (χ4n) is 2.56. The molecule has 0 bridgehead atoms. The molecule has 0 saturated carbocycles. The summed E-state index contributed by atoms with van der Waals surface area (Å²) in [5.74, 6) is -0.139. The van der Waals surface area contributed by atoms with Crippen LogP contribution in [0.3, 0.4) is 0 Å². The van der Waals surface area contributed by atoms with Gasteiger partial charge in [-0.05, 0) is 30.5 Å². The normalized spacial score (nSPS) is 16.4. The van der Waals surface area contributed by atoms with Gasteiger partial charge in [-0.1, -0.05) is 6.07 Å². The second-order valence-corrected chi connectivity index (χ2v) is 5.52. The van der Waals surface area contributed by atoms with Crippen molar-refractivity contribution in [2.45, 2.75) is 6.42 Å². The maximum absolute atomic E-state index is 12.1. The Morgan fingerprint density at radius 1 is 1.42 bits per heavy atom. The molecular formula is C16H14N6O2. The van der Waals surface area contributed by atoms with Crippen LogP contribution in [0, 0.1) is 28.7 Å². The minimum atomic E-state index is -0.444. The molecule has 2 aromatic rings. The molecule has 120 valence electrons. The molecule has 1 N–H and O–H groups in total. The number of hydrogen-bond donors (Lipinski definition) is 1. The minimum absolute atomic E-state index is 0.123. The van der Waals surface area contributed by atoms with E-state index in [0.29, 0.717) is 24.2 Å². The van der Waals surface area contributed by atoms with Crippen molar-refractivity contribution in [3.05, 3.63) is 35.7 Å². The number of carbonyl (C=O) groups excluding carboxylic acids is 1. The van der Waals surface area contributed by atoms with Gasteiger partial charge in [0, 0.05) is 25.2 Å². The van der Waals surface area contributed by atoms with E-state index in [9.17, 15) is 4.79 Å². The van der Waals surface area contributed by atoms with Crippen LogP contribution < -0.4 is 5.32 Å². The molecule has 1 atom stereocenters. The average Bonchev–Trinajstić information content (AvgIpc) is 3.29. The lowest BCUT2D eigenvalue weighted by atomic mass is 10.1. The molecule has 0 radical (unpaired) electrons. The van der Waals surface area contributed by atoms with Gasteiger partial charge in [-0.15, -0.1) is 10.2 Å². The highest BCUT2D eigenvalue weighted by molar-refractivity contribution is 5.89. The zero-order chi connectivity index (χ0) is 16.9. The summed E-state index contributed by atoms with van der Waals surface area (Å²) in [4.78, 5) is 13.8. The second-order valence-electron chi connectivity index (χ2n) is 5.52. The Morgan fingerprint density at radius 2 is 2.29 bits per heavy atom. The van der Waals surface area contributed by atoms with E-state index in [4.69, 9.17) is 14.9 Å². The summed E-state index contributed by atoms with van der Waals surface area (Å²) >= 11 is 0. The molecule has 1 aromatic carbocycles. The molecule has 1 amide bonds. The number of carbonyl (C=O) groups is 1. The van der Waals surface area contributed by atoms with E-state index in [-0.39, 0.29) is 17.7 Å². The maximum Gasteiger partial charge on any atom is 0.308 e. The Bertz CT molecular complexity index is 832. The molecular weight excluding hydrogens is 308 g/mol. The number of benzene rings is 1. The lowest BCUT2D eigenvalue weighted by molar-refractivity contribution is 0.0913. The third kappa shape index (κ3) is 3.33. The van der Waals surface area contributed by atoms with Gasteiger partial charge in [0.25, 0.3) is 0 Å². The molecule has 1 aliphatic heterocycles. The summed E-state index contributed by atoms with van der Waals surface area (Å²) in [5, 5.41) is 28.1. The van der Waals surface area contributed by atoms with E-state index in [0.717, 1.165) is 13.0 Å². The van der Waals surface area contributed by atoms with Crippen LogP contribution >= 0.6 is 0 Å². The predicted octanol–water partition coefficient (Wildman–Crippen LogP) is 1.14. The van der Waals surface area contributed by atoms with Crippen molar-refractivity contribution in [1.82, 2.24) is 20.4 Å². The summed E-state index contributed by atoms with van der Waals surface area (Å²) < 4.78 is 5.38. The van der Waals surface area contributed by atoms with Gasteiger partial charge in [0.05, 0.1) is 11.6 Å². The van der Waals surface area contributed by atoms with E-state index < -0.39 is 5.91 Å². The van der Waals surface area contributed by atoms with E-state index >= 15 is 0 Å². The van der Waals surface area contributed by atoms with Crippen LogP contribution in [-0.2, 0) is 0 Å². The highest BCUT2D eigenvalue weighted by Crippen LogP contribution is 2.19. The Morgan fingerprint density at radius 3 is 3.04 bits per heavy atom. The number of nitrogens with zero attached hydrogens (tertiary/aromatic N) is 5. The van der Waals surface area contributed by atoms with Crippen LogP contribution in [0.25, 0.3) is 11.5 Å². The van der Waals surface area contributed by atoms with E-state index in [1.54, 1.807) is 29.2 Å². The van der Waals surface area contributed by atoms with Crippen LogP contribution in [0.5, 0.6) is 0 Å². The van der Waals surface area contributed by atoms with Crippen LogP contribution in [-0.4, -0.2) is 40.6 Å². The van der Waals surface area contributed by atoms with Gasteiger partial charge in [0.2, 0.25) is 5.89 Å². The summed E-state index contributed by atoms with van der Waals surface area (Å²) in [6.07, 6.45) is 2.97. The number of rotatable bonds is 4. The van der Waals surface area contributed by atoms with E-state index in [1.807, 2.05) is 6.07 Å². The van der Waals surface area contributed by atoms with Gasteiger partial charge in [0.1, 0.15) is 0 Å². The monoisotopic (exact) mass is 322 g/mol. The van der Waals surface area contributed by atoms with Crippen LogP contribution in [0.15, 0.2) is 28.7 Å². The molecule has 1 saturated heterocycles. The molecule has 24 heavy (non-hydrogen) atoms. The molecule has 8 nitrogen and oxygen atoms in total. The van der Waals surface area contributed by atoms with Gasteiger partial charge < -0.3 is 14.6 Å². The smallest absolute Gasteiger partial charge is 0.308 e. The minimum Gasteiger partial charge on any atom is -0.412 e. The van der Waals surface area contributed by atoms with Gasteiger partial charge in [0.15, 0.2) is 6.19 Å². The van der Waals surface area contributed by atoms with E-state index in [1.165, 1.54) is 0 Å². The topological polar surface area (TPSA) is 119 Å². The fraction of sp³-hybridized carbons (Fsp3) is 0.312. The van der Waals surface area contributed by atoms with Gasteiger partial charge in [-0.2, -0.15) is 10.5 Å². The van der Waals surface area contributed by atoms with Gasteiger partial charge in [-0.3, -0.25) is 4.79 Å². The molecule has 3 rings (SSSR count). The standard InChI is InChI=1S/C16H14N6O2/c17-7-11-2-1-3-13(6-11)15-20-21-16(24-15)14(23)19-8-12-4-5-22(9-12)10-18/h1-3,6,12H,4-5,8-9H2,(H,19,23). The SMILES string of the molecule is N#Cc1cccc(-c2nnc(C(=O)NCC3CCN(C#N)C3)o2)c1. The van der Waals surface area contributed by atoms with Crippen molar-refractivity contribution in [2.24, 2.45) is 5.92 Å². The zero-order valence-electron chi connectivity index (χ0n) is 12.8. The van der Waals surface area contributed by atoms with Crippen LogP contribution in [0.4, 0.5) is 0 Å². The van der Waals surface area contributed by atoms with E-state index in [2.05, 4.69) is 21.7 Å². The fourth-order valence-corrected chi connectivity index (χ4v) is 2.56. The molecule has 1 aliphatic rings. The summed E-state index contributed by atoms with van der Waals surface area (Å²) in [5.41, 5.74) is 1.06. The first-order chi connectivity index (χ1) is 11.7. The van der Waals surface area contributed by atoms with Crippen molar-refractivity contribution in [3.63, 3.8) is 0 Å². The van der Waals surface area contributed by atoms with Gasteiger partial charge in [-0.25, -0.2) is 0 Å². The van der Waals surface area contributed by atoms with Crippen molar-refractivity contribution in [3.8, 4) is 23.7 Å². The highest BCUT2D eigenvalue weighted by atomic mass is 16.4. The molecule has 8 heteroatoms. The van der Waals surface area contributed by atoms with Crippen molar-refractivity contribution in [2.75, 3.05) is 19.6 Å². The largest absolute Gasteiger partial charge is 0.412 e. The quantitative estimate of drug-likeness (QED) is 0.838. The molecule has 2 heterocycles. The van der Waals surface area contributed by atoms with Crippen molar-refractivity contribution >= 4 is 5.91 Å². The maximum atomic E-state index is 12.1. The summed E-state index contributed by atoms with van der Waals surface area (Å²) in [6.45, 7) is 1.82. The van der Waals surface area contributed by atoms with Gasteiger partial charge >= 0.3 is 11.8 Å². The Hall–Kier alpha value is -3.39. The molecule has 0 spiro atoms. The van der Waals surface area contributed by atoms with Crippen LogP contribution in [0.2, 0.25) is 0 Å². The lowest BCUT2D eigenvalue weighted by Gasteiger charge is -2.09. The van der Waals surface area contributed by atoms with Crippen LogP contribution in [0.1, 0.15) is 22.7 Å². The average molecular weight is 322 g/mol. The first-order valence-electron chi connectivity index (χ1n) is 7.46. The molecule has 1 aromatic heterocycles. The number of hydrogen-bond acceptors (Lipinski definition) is 7. The first kappa shape index (κ1) is 15.5. The number of nitrogens with one attached hydrogen (secondary N) is 1. The first-order valence-corrected chi connectivity index (χ1v) is 7.46. The number of likely N-dealkylation sites (tertiary alicyclic amines) is 1. The number of nitriles is 2. The molecule has 1 fully saturated rings. The highest BCUT2D eigenvalue weighted by Gasteiger charge is 2.23. The summed E-state index contributed by atoms with van der Waals surface area (Å²) in [7, 11) is 0. The zero-order valence-corrected chi connectivity index (χ0v) is 12.8. The second kappa shape index (κ2) is 6.80. The summed E-state index contributed by atoms with van der Waals surface area (Å²) in [6, 6.07) is 8.75. The third-order valence-electron chi connectivity index (χ3n) is 3.84. The molecule has 0 aliphatic carbocycles. The van der Waals surface area contributed by atoms with Crippen molar-refractivity contribution < 1.29 is 9.21 Å².